The fourth-order valence-corrected chi connectivity index (χ4v) is 4.02. The first-order valence-corrected chi connectivity index (χ1v) is 10.0. The molecule has 0 amide bonds. The van der Waals surface area contributed by atoms with Crippen LogP contribution in [0.15, 0.2) is 23.2 Å². The molecule has 2 saturated heterocycles. The number of methoxy groups -OCH3 is 1. The average molecular weight is 523 g/mol. The fraction of sp³-hybridized carbons (Fsp3) is 0.650. The molecule has 158 valence electrons. The van der Waals surface area contributed by atoms with Gasteiger partial charge < -0.3 is 24.6 Å². The Morgan fingerprint density at radius 1 is 1.25 bits per heavy atom. The molecular weight excluding hydrogens is 491 g/mol. The van der Waals surface area contributed by atoms with Crippen molar-refractivity contribution < 1.29 is 9.47 Å². The van der Waals surface area contributed by atoms with Gasteiger partial charge in [-0.25, -0.2) is 0 Å². The number of guanidine groups is 1. The molecular formula is C20H32ClIN4O2. The Kier molecular flexibility index (Phi) is 9.11. The average Bonchev–Trinajstić information content (AvgIpc) is 2.71. The van der Waals surface area contributed by atoms with Crippen LogP contribution >= 0.6 is 35.6 Å². The Morgan fingerprint density at radius 2 is 1.93 bits per heavy atom. The summed E-state index contributed by atoms with van der Waals surface area (Å²) in [6.45, 7) is 8.15. The lowest BCUT2D eigenvalue weighted by Gasteiger charge is -2.40. The van der Waals surface area contributed by atoms with E-state index in [0.29, 0.717) is 0 Å². The quantitative estimate of drug-likeness (QED) is 0.374. The molecule has 3 rings (SSSR count). The molecule has 0 aliphatic carbocycles. The summed E-state index contributed by atoms with van der Waals surface area (Å²) in [5, 5.41) is 4.32. The number of anilines is 1. The van der Waals surface area contributed by atoms with Crippen molar-refractivity contribution in [3.63, 3.8) is 0 Å². The molecule has 1 aromatic carbocycles. The number of rotatable bonds is 4. The summed E-state index contributed by atoms with van der Waals surface area (Å²) in [6, 6.07) is 6.10. The normalized spacial score (nSPS) is 19.9. The SMILES string of the molecule is CN=C(NCC1(OC)CCOCC1)N1CCN(c2cc(Cl)ccc2C)CC1.I. The van der Waals surface area contributed by atoms with E-state index in [1.54, 1.807) is 7.11 Å². The zero-order chi connectivity index (χ0) is 19.3. The molecule has 28 heavy (non-hydrogen) atoms. The Bertz CT molecular complexity index is 660. The van der Waals surface area contributed by atoms with Crippen molar-refractivity contribution >= 4 is 47.2 Å². The zero-order valence-corrected chi connectivity index (χ0v) is 20.1. The molecule has 2 aliphatic rings. The topological polar surface area (TPSA) is 49.3 Å². The third kappa shape index (κ3) is 5.64. The molecule has 2 heterocycles. The first-order chi connectivity index (χ1) is 13.1. The highest BCUT2D eigenvalue weighted by molar-refractivity contribution is 14.0. The Balaban J connectivity index is 0.00000280. The number of piperazine rings is 1. The molecule has 8 heteroatoms. The van der Waals surface area contributed by atoms with Gasteiger partial charge in [0.15, 0.2) is 5.96 Å². The number of aryl methyl sites for hydroxylation is 1. The molecule has 0 aromatic heterocycles. The van der Waals surface area contributed by atoms with Crippen LogP contribution < -0.4 is 10.2 Å². The largest absolute Gasteiger partial charge is 0.381 e. The van der Waals surface area contributed by atoms with Crippen LogP contribution in [0.25, 0.3) is 0 Å². The number of ether oxygens (including phenoxy) is 2. The highest BCUT2D eigenvalue weighted by Crippen LogP contribution is 2.26. The molecule has 2 aliphatic heterocycles. The van der Waals surface area contributed by atoms with Crippen molar-refractivity contribution in [3.8, 4) is 0 Å². The molecule has 6 nitrogen and oxygen atoms in total. The maximum absolute atomic E-state index is 6.19. The van der Waals surface area contributed by atoms with Crippen molar-refractivity contribution in [2.75, 3.05) is 65.0 Å². The smallest absolute Gasteiger partial charge is 0.193 e. The van der Waals surface area contributed by atoms with Gasteiger partial charge in [0.05, 0.1) is 5.60 Å². The first-order valence-electron chi connectivity index (χ1n) is 9.66. The number of hydrogen-bond donors (Lipinski definition) is 1. The van der Waals surface area contributed by atoms with E-state index >= 15 is 0 Å². The maximum atomic E-state index is 6.19. The standard InChI is InChI=1S/C20H31ClN4O2.HI/c1-16-4-5-17(21)14-18(16)24-8-10-25(11-9-24)19(22-2)23-15-20(26-3)6-12-27-13-7-20;/h4-5,14H,6-13,15H2,1-3H3,(H,22,23);1H. The molecule has 2 fully saturated rings. The lowest BCUT2D eigenvalue weighted by molar-refractivity contribution is -0.0857. The second-order valence-electron chi connectivity index (χ2n) is 7.31. The number of aliphatic imine (C=N–C) groups is 1. The summed E-state index contributed by atoms with van der Waals surface area (Å²) in [7, 11) is 3.64. The minimum Gasteiger partial charge on any atom is -0.381 e. The van der Waals surface area contributed by atoms with Crippen LogP contribution in [0.3, 0.4) is 0 Å². The van der Waals surface area contributed by atoms with E-state index in [4.69, 9.17) is 21.1 Å². The highest BCUT2D eigenvalue weighted by atomic mass is 127. The van der Waals surface area contributed by atoms with Gasteiger partial charge in [0, 0.05) is 83.6 Å². The van der Waals surface area contributed by atoms with Crippen LogP contribution in [-0.2, 0) is 9.47 Å². The minimum absolute atomic E-state index is 0. The number of benzene rings is 1. The molecule has 0 spiro atoms. The third-order valence-corrected chi connectivity index (χ3v) is 5.94. The van der Waals surface area contributed by atoms with E-state index in [9.17, 15) is 0 Å². The molecule has 0 saturated carbocycles. The van der Waals surface area contributed by atoms with Crippen molar-refractivity contribution in [3.05, 3.63) is 28.8 Å². The van der Waals surface area contributed by atoms with Gasteiger partial charge in [0.25, 0.3) is 0 Å². The Labute approximate surface area is 190 Å². The maximum Gasteiger partial charge on any atom is 0.193 e. The van der Waals surface area contributed by atoms with Crippen molar-refractivity contribution in [2.45, 2.75) is 25.4 Å². The van der Waals surface area contributed by atoms with E-state index in [1.165, 1.54) is 11.3 Å². The third-order valence-electron chi connectivity index (χ3n) is 5.71. The second-order valence-corrected chi connectivity index (χ2v) is 7.74. The minimum atomic E-state index is -0.159. The van der Waals surface area contributed by atoms with Crippen LogP contribution in [0.4, 0.5) is 5.69 Å². The van der Waals surface area contributed by atoms with Crippen LogP contribution in [0.1, 0.15) is 18.4 Å². The van der Waals surface area contributed by atoms with Crippen LogP contribution in [0.2, 0.25) is 5.02 Å². The Morgan fingerprint density at radius 3 is 2.54 bits per heavy atom. The van der Waals surface area contributed by atoms with Crippen LogP contribution in [0.5, 0.6) is 0 Å². The van der Waals surface area contributed by atoms with Crippen molar-refractivity contribution in [1.82, 2.24) is 10.2 Å². The molecule has 0 bridgehead atoms. The molecule has 1 N–H and O–H groups in total. The number of nitrogens with zero attached hydrogens (tertiary/aromatic N) is 3. The molecule has 0 atom stereocenters. The number of hydrogen-bond acceptors (Lipinski definition) is 4. The number of halogens is 2. The van der Waals surface area contributed by atoms with Gasteiger partial charge in [-0.15, -0.1) is 24.0 Å². The second kappa shape index (κ2) is 10.8. The zero-order valence-electron chi connectivity index (χ0n) is 17.0. The highest BCUT2D eigenvalue weighted by Gasteiger charge is 2.33. The fourth-order valence-electron chi connectivity index (χ4n) is 3.85. The van der Waals surface area contributed by atoms with Gasteiger partial charge in [-0.1, -0.05) is 17.7 Å². The first kappa shape index (κ1) is 23.5. The van der Waals surface area contributed by atoms with E-state index in [2.05, 4.69) is 39.2 Å². The summed E-state index contributed by atoms with van der Waals surface area (Å²) >= 11 is 6.19. The van der Waals surface area contributed by atoms with Gasteiger partial charge in [-0.2, -0.15) is 0 Å². The summed E-state index contributed by atoms with van der Waals surface area (Å²) in [4.78, 5) is 9.22. The monoisotopic (exact) mass is 522 g/mol. The molecule has 0 radical (unpaired) electrons. The Hall–Kier alpha value is -0.770. The van der Waals surface area contributed by atoms with Gasteiger partial charge in [-0.05, 0) is 24.6 Å². The predicted octanol–water partition coefficient (Wildman–Crippen LogP) is 3.16. The number of nitrogens with one attached hydrogen (secondary N) is 1. The lowest BCUT2D eigenvalue weighted by Crippen LogP contribution is -2.56. The summed E-state index contributed by atoms with van der Waals surface area (Å²) in [6.07, 6.45) is 1.82. The van der Waals surface area contributed by atoms with E-state index < -0.39 is 0 Å². The van der Waals surface area contributed by atoms with E-state index in [1.807, 2.05) is 13.1 Å². The summed E-state index contributed by atoms with van der Waals surface area (Å²) in [5.74, 6) is 0.945. The van der Waals surface area contributed by atoms with E-state index in [0.717, 1.165) is 69.8 Å². The molecule has 1 aromatic rings. The molecule has 0 unspecified atom stereocenters. The summed E-state index contributed by atoms with van der Waals surface area (Å²) < 4.78 is 11.3. The van der Waals surface area contributed by atoms with Crippen molar-refractivity contribution in [2.24, 2.45) is 4.99 Å². The van der Waals surface area contributed by atoms with Crippen LogP contribution in [0, 0.1) is 6.92 Å². The lowest BCUT2D eigenvalue weighted by atomic mass is 9.94. The summed E-state index contributed by atoms with van der Waals surface area (Å²) in [5.41, 5.74) is 2.33. The van der Waals surface area contributed by atoms with Gasteiger partial charge in [0.1, 0.15) is 0 Å². The van der Waals surface area contributed by atoms with Gasteiger partial charge in [-0.3, -0.25) is 4.99 Å². The predicted molar refractivity (Wildman–Crippen MR) is 127 cm³/mol. The van der Waals surface area contributed by atoms with Gasteiger partial charge in [0.2, 0.25) is 0 Å². The van der Waals surface area contributed by atoms with Gasteiger partial charge >= 0.3 is 0 Å². The van der Waals surface area contributed by atoms with E-state index in [-0.39, 0.29) is 29.6 Å². The van der Waals surface area contributed by atoms with Crippen LogP contribution in [-0.4, -0.2) is 76.6 Å². The van der Waals surface area contributed by atoms with Crippen molar-refractivity contribution in [1.29, 1.82) is 0 Å².